The fraction of sp³-hybridized carbons (Fsp3) is 0.167. The number of nitrogen functional groups attached to an aromatic ring is 1. The van der Waals surface area contributed by atoms with E-state index in [-0.39, 0.29) is 24.1 Å². The normalized spacial score (nSPS) is 10.5. The van der Waals surface area contributed by atoms with E-state index in [9.17, 15) is 4.79 Å². The van der Waals surface area contributed by atoms with Gasteiger partial charge in [-0.05, 0) is 47.7 Å². The van der Waals surface area contributed by atoms with Gasteiger partial charge in [-0.15, -0.1) is 0 Å². The molecule has 1 heterocycles. The standard InChI is InChI=1S/C12H10ClIN2O3/c1-2-18-12(17)9-10(15)19-11(16-9)6-3-4-8(14)7(13)5-6/h3-5H,2,15H2,1H3. The predicted octanol–water partition coefficient (Wildman–Crippen LogP) is 3.36. The highest BCUT2D eigenvalue weighted by Crippen LogP contribution is 2.28. The molecule has 1 aromatic carbocycles. The largest absolute Gasteiger partial charge is 0.461 e. The number of esters is 1. The fourth-order valence-corrected chi connectivity index (χ4v) is 1.95. The number of nitrogens with zero attached hydrogens (tertiary/aromatic N) is 1. The maximum Gasteiger partial charge on any atom is 0.362 e. The van der Waals surface area contributed by atoms with Gasteiger partial charge in [0, 0.05) is 9.13 Å². The summed E-state index contributed by atoms with van der Waals surface area (Å²) in [5.74, 6) is -0.436. The monoisotopic (exact) mass is 392 g/mol. The molecular formula is C12H10ClIN2O3. The molecule has 7 heteroatoms. The quantitative estimate of drug-likeness (QED) is 0.640. The Morgan fingerprint density at radius 1 is 1.58 bits per heavy atom. The summed E-state index contributed by atoms with van der Waals surface area (Å²) in [6, 6.07) is 5.31. The number of aromatic nitrogens is 1. The van der Waals surface area contributed by atoms with Crippen LogP contribution in [-0.4, -0.2) is 17.6 Å². The molecule has 2 aromatic rings. The van der Waals surface area contributed by atoms with E-state index >= 15 is 0 Å². The number of carbonyl (C=O) groups is 1. The molecule has 100 valence electrons. The molecule has 0 fully saturated rings. The first kappa shape index (κ1) is 14.1. The van der Waals surface area contributed by atoms with Gasteiger partial charge in [-0.1, -0.05) is 11.6 Å². The Hall–Kier alpha value is -1.28. The smallest absolute Gasteiger partial charge is 0.362 e. The number of ether oxygens (including phenoxy) is 1. The van der Waals surface area contributed by atoms with Crippen LogP contribution in [0, 0.1) is 3.57 Å². The number of nitrogens with two attached hydrogens (primary N) is 1. The Morgan fingerprint density at radius 3 is 2.95 bits per heavy atom. The molecule has 2 N–H and O–H groups in total. The van der Waals surface area contributed by atoms with Gasteiger partial charge in [-0.25, -0.2) is 4.79 Å². The minimum absolute atomic E-state index is 0.0217. The maximum absolute atomic E-state index is 11.6. The lowest BCUT2D eigenvalue weighted by Crippen LogP contribution is -2.07. The molecule has 0 bridgehead atoms. The zero-order valence-electron chi connectivity index (χ0n) is 9.94. The van der Waals surface area contributed by atoms with Gasteiger partial charge >= 0.3 is 5.97 Å². The molecule has 0 atom stereocenters. The van der Waals surface area contributed by atoms with Crippen molar-refractivity contribution in [1.29, 1.82) is 0 Å². The van der Waals surface area contributed by atoms with Gasteiger partial charge in [0.25, 0.3) is 0 Å². The van der Waals surface area contributed by atoms with E-state index in [0.717, 1.165) is 3.57 Å². The Kier molecular flexibility index (Phi) is 4.31. The lowest BCUT2D eigenvalue weighted by atomic mass is 10.2. The summed E-state index contributed by atoms with van der Waals surface area (Å²) in [7, 11) is 0. The van der Waals surface area contributed by atoms with E-state index in [1.54, 1.807) is 19.1 Å². The minimum atomic E-state index is -0.605. The number of rotatable bonds is 3. The molecule has 1 aromatic heterocycles. The van der Waals surface area contributed by atoms with E-state index in [1.807, 2.05) is 6.07 Å². The molecule has 2 rings (SSSR count). The van der Waals surface area contributed by atoms with E-state index in [2.05, 4.69) is 27.6 Å². The molecule has 0 aliphatic rings. The van der Waals surface area contributed by atoms with E-state index < -0.39 is 5.97 Å². The molecule has 5 nitrogen and oxygen atoms in total. The number of hydrogen-bond donors (Lipinski definition) is 1. The molecule has 0 aliphatic heterocycles. The second-order valence-corrected chi connectivity index (χ2v) is 5.15. The molecule has 0 aliphatic carbocycles. The predicted molar refractivity (Wildman–Crippen MR) is 80.0 cm³/mol. The molecule has 0 saturated carbocycles. The van der Waals surface area contributed by atoms with Gasteiger partial charge in [0.1, 0.15) is 0 Å². The molecule has 0 amide bonds. The fourth-order valence-electron chi connectivity index (χ4n) is 1.43. The van der Waals surface area contributed by atoms with Gasteiger partial charge in [-0.3, -0.25) is 0 Å². The van der Waals surface area contributed by atoms with Crippen LogP contribution in [0.3, 0.4) is 0 Å². The molecule has 19 heavy (non-hydrogen) atoms. The molecule has 0 saturated heterocycles. The first-order valence-corrected chi connectivity index (χ1v) is 6.87. The van der Waals surface area contributed by atoms with Crippen molar-refractivity contribution < 1.29 is 13.9 Å². The first-order valence-electron chi connectivity index (χ1n) is 5.41. The average Bonchev–Trinajstić information content (AvgIpc) is 2.75. The number of oxazole rings is 1. The molecule has 0 unspecified atom stereocenters. The van der Waals surface area contributed by atoms with Gasteiger partial charge < -0.3 is 14.9 Å². The molecule has 0 radical (unpaired) electrons. The highest BCUT2D eigenvalue weighted by molar-refractivity contribution is 14.1. The SMILES string of the molecule is CCOC(=O)c1nc(-c2ccc(I)c(Cl)c2)oc1N. The van der Waals surface area contributed by atoms with Crippen molar-refractivity contribution in [2.75, 3.05) is 12.3 Å². The van der Waals surface area contributed by atoms with Crippen LogP contribution in [0.4, 0.5) is 5.88 Å². The maximum atomic E-state index is 11.6. The van der Waals surface area contributed by atoms with Crippen molar-refractivity contribution in [2.45, 2.75) is 6.92 Å². The zero-order valence-corrected chi connectivity index (χ0v) is 12.9. The van der Waals surface area contributed by atoms with Crippen molar-refractivity contribution in [3.05, 3.63) is 32.5 Å². The summed E-state index contributed by atoms with van der Waals surface area (Å²) in [6.07, 6.45) is 0. The van der Waals surface area contributed by atoms with Crippen LogP contribution in [0.1, 0.15) is 17.4 Å². The van der Waals surface area contributed by atoms with Gasteiger partial charge in [0.15, 0.2) is 0 Å². The Morgan fingerprint density at radius 2 is 2.32 bits per heavy atom. The number of anilines is 1. The van der Waals surface area contributed by atoms with Gasteiger partial charge in [0.2, 0.25) is 17.5 Å². The topological polar surface area (TPSA) is 78.3 Å². The highest BCUT2D eigenvalue weighted by atomic mass is 127. The van der Waals surface area contributed by atoms with E-state index in [1.165, 1.54) is 0 Å². The summed E-state index contributed by atoms with van der Waals surface area (Å²) in [6.45, 7) is 1.95. The molecule has 0 spiro atoms. The van der Waals surface area contributed by atoms with Crippen molar-refractivity contribution in [1.82, 2.24) is 4.98 Å². The van der Waals surface area contributed by atoms with Crippen molar-refractivity contribution >= 4 is 46.0 Å². The summed E-state index contributed by atoms with van der Waals surface area (Å²) < 4.78 is 11.0. The second-order valence-electron chi connectivity index (χ2n) is 3.58. The van der Waals surface area contributed by atoms with Crippen LogP contribution < -0.4 is 5.73 Å². The molecular weight excluding hydrogens is 383 g/mol. The van der Waals surface area contributed by atoms with Gasteiger partial charge in [0.05, 0.1) is 11.6 Å². The number of hydrogen-bond acceptors (Lipinski definition) is 5. The average molecular weight is 393 g/mol. The third-order valence-corrected chi connectivity index (χ3v) is 3.86. The lowest BCUT2D eigenvalue weighted by molar-refractivity contribution is 0.0521. The lowest BCUT2D eigenvalue weighted by Gasteiger charge is -1.98. The van der Waals surface area contributed by atoms with Crippen LogP contribution in [0.15, 0.2) is 22.6 Å². The van der Waals surface area contributed by atoms with E-state index in [0.29, 0.717) is 10.6 Å². The van der Waals surface area contributed by atoms with Crippen LogP contribution in [-0.2, 0) is 4.74 Å². The Balaban J connectivity index is 2.38. The second kappa shape index (κ2) is 5.79. The zero-order chi connectivity index (χ0) is 14.0. The van der Waals surface area contributed by atoms with Crippen LogP contribution >= 0.6 is 34.2 Å². The van der Waals surface area contributed by atoms with Crippen LogP contribution in [0.5, 0.6) is 0 Å². The summed E-state index contributed by atoms with van der Waals surface area (Å²) in [4.78, 5) is 15.6. The minimum Gasteiger partial charge on any atom is -0.461 e. The van der Waals surface area contributed by atoms with Crippen molar-refractivity contribution in [2.24, 2.45) is 0 Å². The summed E-state index contributed by atoms with van der Waals surface area (Å²) >= 11 is 8.13. The number of carbonyl (C=O) groups excluding carboxylic acids is 1. The van der Waals surface area contributed by atoms with E-state index in [4.69, 9.17) is 26.5 Å². The summed E-state index contributed by atoms with van der Waals surface area (Å²) in [5, 5.41) is 0.576. The summed E-state index contributed by atoms with van der Waals surface area (Å²) in [5.41, 5.74) is 6.24. The van der Waals surface area contributed by atoms with Crippen LogP contribution in [0.2, 0.25) is 5.02 Å². The van der Waals surface area contributed by atoms with Crippen LogP contribution in [0.25, 0.3) is 11.5 Å². The first-order chi connectivity index (χ1) is 9.02. The third-order valence-electron chi connectivity index (χ3n) is 2.29. The van der Waals surface area contributed by atoms with Gasteiger partial charge in [-0.2, -0.15) is 4.98 Å². The highest BCUT2D eigenvalue weighted by Gasteiger charge is 2.20. The number of halogens is 2. The van der Waals surface area contributed by atoms with Crippen molar-refractivity contribution in [3.63, 3.8) is 0 Å². The Labute approximate surface area is 128 Å². The Bertz CT molecular complexity index is 627. The third kappa shape index (κ3) is 3.01. The number of benzene rings is 1. The van der Waals surface area contributed by atoms with Crippen molar-refractivity contribution in [3.8, 4) is 11.5 Å².